The molecule has 20 heavy (non-hydrogen) atoms. The van der Waals surface area contributed by atoms with E-state index in [0.29, 0.717) is 22.8 Å². The van der Waals surface area contributed by atoms with Crippen LogP contribution in [0.4, 0.5) is 0 Å². The van der Waals surface area contributed by atoms with Gasteiger partial charge in [-0.25, -0.2) is 0 Å². The second kappa shape index (κ2) is 5.20. The molecule has 0 unspecified atom stereocenters. The van der Waals surface area contributed by atoms with Gasteiger partial charge < -0.3 is 14.2 Å². The van der Waals surface area contributed by atoms with Gasteiger partial charge in [0.15, 0.2) is 0 Å². The minimum absolute atomic E-state index is 0.0549. The molecule has 1 saturated carbocycles. The van der Waals surface area contributed by atoms with Crippen molar-refractivity contribution in [3.05, 3.63) is 17.5 Å². The summed E-state index contributed by atoms with van der Waals surface area (Å²) in [5, 5.41) is 3.68. The van der Waals surface area contributed by atoms with Crippen molar-refractivity contribution < 1.29 is 14.1 Å². The number of aromatic nitrogens is 1. The van der Waals surface area contributed by atoms with E-state index >= 15 is 0 Å². The Morgan fingerprint density at radius 1 is 1.50 bits per heavy atom. The lowest BCUT2D eigenvalue weighted by atomic mass is 9.61. The van der Waals surface area contributed by atoms with E-state index in [2.05, 4.69) is 5.16 Å². The number of aryl methyl sites for hydroxylation is 1. The van der Waals surface area contributed by atoms with E-state index in [0.717, 1.165) is 45.4 Å². The molecule has 1 spiro atoms. The molecule has 3 rings (SSSR count). The fourth-order valence-electron chi connectivity index (χ4n) is 3.53. The average molecular weight is 278 g/mol. The summed E-state index contributed by atoms with van der Waals surface area (Å²) < 4.78 is 10.6. The van der Waals surface area contributed by atoms with Gasteiger partial charge in [-0.3, -0.25) is 4.79 Å². The van der Waals surface area contributed by atoms with E-state index in [-0.39, 0.29) is 5.91 Å². The van der Waals surface area contributed by atoms with Gasteiger partial charge in [0.2, 0.25) is 0 Å². The zero-order valence-electron chi connectivity index (χ0n) is 12.2. The van der Waals surface area contributed by atoms with E-state index in [1.807, 2.05) is 11.8 Å². The van der Waals surface area contributed by atoms with Crippen molar-refractivity contribution in [3.8, 4) is 0 Å². The SMILES string of the molecule is CCOC1CC2(CCN(C(=O)c3cnoc3C)CC2)C1. The molecule has 2 aliphatic rings. The summed E-state index contributed by atoms with van der Waals surface area (Å²) in [6.07, 6.45) is 6.47. The highest BCUT2D eigenvalue weighted by Gasteiger charge is 2.46. The Bertz CT molecular complexity index is 481. The summed E-state index contributed by atoms with van der Waals surface area (Å²) in [6.45, 7) is 6.31. The predicted molar refractivity (Wildman–Crippen MR) is 73.5 cm³/mol. The number of ether oxygens (including phenoxy) is 1. The minimum Gasteiger partial charge on any atom is -0.378 e. The third kappa shape index (κ3) is 2.35. The summed E-state index contributed by atoms with van der Waals surface area (Å²) in [6, 6.07) is 0. The Morgan fingerprint density at radius 2 is 2.20 bits per heavy atom. The van der Waals surface area contributed by atoms with Gasteiger partial charge in [-0.2, -0.15) is 0 Å². The molecule has 2 fully saturated rings. The number of rotatable bonds is 3. The second-order valence-electron chi connectivity index (χ2n) is 6.07. The topological polar surface area (TPSA) is 55.6 Å². The standard InChI is InChI=1S/C15H22N2O3/c1-3-19-12-8-15(9-12)4-6-17(7-5-15)14(18)13-10-16-20-11(13)2/h10,12H,3-9H2,1-2H3. The first-order chi connectivity index (χ1) is 9.63. The molecule has 0 atom stereocenters. The predicted octanol–water partition coefficient (Wildman–Crippen LogP) is 2.40. The third-order valence-electron chi connectivity index (χ3n) is 4.82. The average Bonchev–Trinajstić information content (AvgIpc) is 2.83. The van der Waals surface area contributed by atoms with E-state index in [4.69, 9.17) is 9.26 Å². The van der Waals surface area contributed by atoms with E-state index in [1.165, 1.54) is 6.20 Å². The molecule has 1 saturated heterocycles. The van der Waals surface area contributed by atoms with Crippen LogP contribution in [0.25, 0.3) is 0 Å². The summed E-state index contributed by atoms with van der Waals surface area (Å²) in [4.78, 5) is 14.3. The highest BCUT2D eigenvalue weighted by Crippen LogP contribution is 2.50. The van der Waals surface area contributed by atoms with Crippen molar-refractivity contribution in [1.29, 1.82) is 0 Å². The van der Waals surface area contributed by atoms with Crippen LogP contribution >= 0.6 is 0 Å². The molecule has 0 N–H and O–H groups in total. The molecule has 1 amide bonds. The van der Waals surface area contributed by atoms with Gasteiger partial charge >= 0.3 is 0 Å². The lowest BCUT2D eigenvalue weighted by Gasteiger charge is -2.51. The number of hydrogen-bond donors (Lipinski definition) is 0. The Morgan fingerprint density at radius 3 is 2.75 bits per heavy atom. The number of hydrogen-bond acceptors (Lipinski definition) is 4. The Hall–Kier alpha value is -1.36. The fraction of sp³-hybridized carbons (Fsp3) is 0.733. The van der Waals surface area contributed by atoms with Gasteiger partial charge in [0.1, 0.15) is 11.3 Å². The van der Waals surface area contributed by atoms with Crippen LogP contribution in [0.3, 0.4) is 0 Å². The lowest BCUT2D eigenvalue weighted by Crippen LogP contribution is -2.51. The van der Waals surface area contributed by atoms with Gasteiger partial charge in [0.05, 0.1) is 12.3 Å². The highest BCUT2D eigenvalue weighted by molar-refractivity contribution is 5.94. The van der Waals surface area contributed by atoms with Gasteiger partial charge in [0.25, 0.3) is 5.91 Å². The van der Waals surface area contributed by atoms with Crippen LogP contribution in [0, 0.1) is 12.3 Å². The number of likely N-dealkylation sites (tertiary alicyclic amines) is 1. The van der Waals surface area contributed by atoms with Crippen molar-refractivity contribution in [3.63, 3.8) is 0 Å². The molecule has 0 radical (unpaired) electrons. The molecule has 5 heteroatoms. The van der Waals surface area contributed by atoms with Crippen LogP contribution in [0.2, 0.25) is 0 Å². The van der Waals surface area contributed by atoms with Crippen molar-refractivity contribution in [2.24, 2.45) is 5.41 Å². The molecule has 5 nitrogen and oxygen atoms in total. The van der Waals surface area contributed by atoms with Crippen molar-refractivity contribution in [1.82, 2.24) is 10.1 Å². The van der Waals surface area contributed by atoms with E-state index in [1.54, 1.807) is 6.92 Å². The quantitative estimate of drug-likeness (QED) is 0.852. The molecule has 1 aliphatic heterocycles. The molecular formula is C15H22N2O3. The number of carbonyl (C=O) groups excluding carboxylic acids is 1. The van der Waals surface area contributed by atoms with E-state index < -0.39 is 0 Å². The normalized spacial score (nSPS) is 22.0. The van der Waals surface area contributed by atoms with Crippen LogP contribution in [0.1, 0.15) is 48.7 Å². The number of piperidine rings is 1. The highest BCUT2D eigenvalue weighted by atomic mass is 16.5. The first-order valence-corrected chi connectivity index (χ1v) is 7.46. The first-order valence-electron chi connectivity index (χ1n) is 7.46. The second-order valence-corrected chi connectivity index (χ2v) is 6.07. The molecule has 1 aliphatic carbocycles. The van der Waals surface area contributed by atoms with Crippen LogP contribution in [0.15, 0.2) is 10.7 Å². The summed E-state index contributed by atoms with van der Waals surface area (Å²) in [7, 11) is 0. The van der Waals surface area contributed by atoms with Crippen molar-refractivity contribution >= 4 is 5.91 Å². The van der Waals surface area contributed by atoms with Gasteiger partial charge in [-0.15, -0.1) is 0 Å². The van der Waals surface area contributed by atoms with Gasteiger partial charge in [-0.05, 0) is 44.9 Å². The minimum atomic E-state index is 0.0549. The van der Waals surface area contributed by atoms with Gasteiger partial charge in [-0.1, -0.05) is 5.16 Å². The van der Waals surface area contributed by atoms with Crippen molar-refractivity contribution in [2.75, 3.05) is 19.7 Å². The van der Waals surface area contributed by atoms with Crippen LogP contribution in [-0.2, 0) is 4.74 Å². The molecule has 2 heterocycles. The van der Waals surface area contributed by atoms with Crippen LogP contribution < -0.4 is 0 Å². The largest absolute Gasteiger partial charge is 0.378 e. The summed E-state index contributed by atoms with van der Waals surface area (Å²) in [5.74, 6) is 0.662. The van der Waals surface area contributed by atoms with Gasteiger partial charge in [0, 0.05) is 19.7 Å². The molecule has 0 bridgehead atoms. The Balaban J connectivity index is 1.55. The zero-order chi connectivity index (χ0) is 14.2. The third-order valence-corrected chi connectivity index (χ3v) is 4.82. The lowest BCUT2D eigenvalue weighted by molar-refractivity contribution is -0.0980. The molecule has 1 aromatic heterocycles. The smallest absolute Gasteiger partial charge is 0.259 e. The number of amides is 1. The molecular weight excluding hydrogens is 256 g/mol. The first kappa shape index (κ1) is 13.6. The molecule has 0 aromatic carbocycles. The van der Waals surface area contributed by atoms with E-state index in [9.17, 15) is 4.79 Å². The Kier molecular flexibility index (Phi) is 3.54. The Labute approximate surface area is 119 Å². The van der Waals surface area contributed by atoms with Crippen LogP contribution in [-0.4, -0.2) is 41.8 Å². The van der Waals surface area contributed by atoms with Crippen LogP contribution in [0.5, 0.6) is 0 Å². The zero-order valence-corrected chi connectivity index (χ0v) is 12.2. The number of carbonyl (C=O) groups is 1. The summed E-state index contributed by atoms with van der Waals surface area (Å²) >= 11 is 0. The maximum Gasteiger partial charge on any atom is 0.259 e. The molecule has 1 aromatic rings. The van der Waals surface area contributed by atoms with Crippen molar-refractivity contribution in [2.45, 2.75) is 45.6 Å². The summed E-state index contributed by atoms with van der Waals surface area (Å²) in [5.41, 5.74) is 1.03. The maximum absolute atomic E-state index is 12.4. The molecule has 110 valence electrons. The monoisotopic (exact) mass is 278 g/mol. The maximum atomic E-state index is 12.4. The number of nitrogens with zero attached hydrogens (tertiary/aromatic N) is 2. The fourth-order valence-corrected chi connectivity index (χ4v) is 3.53.